The minimum absolute atomic E-state index is 0.0829. The van der Waals surface area contributed by atoms with Gasteiger partial charge in [-0.05, 0) is 37.8 Å². The number of pyridine rings is 1. The molecule has 0 unspecified atom stereocenters. The minimum Gasteiger partial charge on any atom is -0.469 e. The molecule has 4 nitrogen and oxygen atoms in total. The molecule has 0 aliphatic carbocycles. The van der Waals surface area contributed by atoms with E-state index in [0.717, 1.165) is 11.9 Å². The Kier molecular flexibility index (Phi) is 3.83. The van der Waals surface area contributed by atoms with Crippen molar-refractivity contribution in [3.05, 3.63) is 36.0 Å². The fourth-order valence-corrected chi connectivity index (χ4v) is 2.26. The number of rotatable bonds is 4. The van der Waals surface area contributed by atoms with Gasteiger partial charge in [-0.15, -0.1) is 0 Å². The van der Waals surface area contributed by atoms with Gasteiger partial charge < -0.3 is 14.8 Å². The number of ether oxygens (including phenoxy) is 2. The summed E-state index contributed by atoms with van der Waals surface area (Å²) in [7, 11) is 0. The lowest BCUT2D eigenvalue weighted by Gasteiger charge is -2.27. The molecule has 0 spiro atoms. The molecule has 1 aromatic heterocycles. The Labute approximate surface area is 125 Å². The molecule has 112 valence electrons. The van der Waals surface area contributed by atoms with E-state index in [2.05, 4.69) is 49.3 Å². The lowest BCUT2D eigenvalue weighted by molar-refractivity contribution is -0.0807. The van der Waals surface area contributed by atoms with Crippen molar-refractivity contribution >= 4 is 10.8 Å². The maximum atomic E-state index is 5.91. The summed E-state index contributed by atoms with van der Waals surface area (Å²) in [5.74, 6) is 0.707. The van der Waals surface area contributed by atoms with Gasteiger partial charge in [0, 0.05) is 23.7 Å². The van der Waals surface area contributed by atoms with E-state index in [1.807, 2.05) is 12.3 Å². The molecule has 1 aliphatic heterocycles. The predicted molar refractivity (Wildman–Crippen MR) is 83.6 cm³/mol. The molecule has 1 aromatic carbocycles. The monoisotopic (exact) mass is 286 g/mol. The van der Waals surface area contributed by atoms with Gasteiger partial charge in [0.25, 0.3) is 0 Å². The van der Waals surface area contributed by atoms with Crippen LogP contribution in [-0.2, 0) is 11.3 Å². The Morgan fingerprint density at radius 2 is 1.95 bits per heavy atom. The van der Waals surface area contributed by atoms with Crippen LogP contribution < -0.4 is 10.1 Å². The largest absolute Gasteiger partial charge is 0.469 e. The van der Waals surface area contributed by atoms with Crippen LogP contribution in [0.1, 0.15) is 26.3 Å². The molecule has 0 saturated carbocycles. The Morgan fingerprint density at radius 3 is 2.57 bits per heavy atom. The molecule has 3 rings (SSSR count). The van der Waals surface area contributed by atoms with Crippen molar-refractivity contribution in [2.75, 3.05) is 13.2 Å². The lowest BCUT2D eigenvalue weighted by atomic mass is 10.1. The molecule has 1 aliphatic rings. The molecule has 21 heavy (non-hydrogen) atoms. The van der Waals surface area contributed by atoms with Crippen LogP contribution in [0, 0.1) is 0 Å². The third-order valence-corrected chi connectivity index (χ3v) is 3.54. The molecule has 0 atom stereocenters. The first-order valence-corrected chi connectivity index (χ1v) is 7.39. The predicted octanol–water partition coefficient (Wildman–Crippen LogP) is 2.90. The first kappa shape index (κ1) is 14.3. The topological polar surface area (TPSA) is 43.4 Å². The highest BCUT2D eigenvalue weighted by Gasteiger charge is 2.22. The van der Waals surface area contributed by atoms with E-state index in [0.29, 0.717) is 19.1 Å². The second-order valence-corrected chi connectivity index (χ2v) is 6.52. The summed E-state index contributed by atoms with van der Waals surface area (Å²) in [6, 6.07) is 8.27. The summed E-state index contributed by atoms with van der Waals surface area (Å²) in [4.78, 5) is 4.51. The van der Waals surface area contributed by atoms with Crippen LogP contribution in [0.3, 0.4) is 0 Å². The van der Waals surface area contributed by atoms with E-state index in [-0.39, 0.29) is 11.6 Å². The van der Waals surface area contributed by atoms with Gasteiger partial charge in [-0.3, -0.25) is 0 Å². The normalized spacial score (nSPS) is 16.0. The second kappa shape index (κ2) is 5.62. The van der Waals surface area contributed by atoms with E-state index in [9.17, 15) is 0 Å². The van der Waals surface area contributed by atoms with Gasteiger partial charge in [0.15, 0.2) is 0 Å². The van der Waals surface area contributed by atoms with Crippen molar-refractivity contribution in [1.29, 1.82) is 0 Å². The fraction of sp³-hybridized carbons (Fsp3) is 0.471. The molecule has 0 radical (unpaired) electrons. The zero-order chi connectivity index (χ0) is 14.9. The molecule has 2 heterocycles. The number of hydrogen-bond acceptors (Lipinski definition) is 4. The van der Waals surface area contributed by atoms with Crippen molar-refractivity contribution in [2.45, 2.75) is 39.0 Å². The maximum absolute atomic E-state index is 5.91. The molecule has 1 N–H and O–H groups in total. The first-order valence-electron chi connectivity index (χ1n) is 7.39. The van der Waals surface area contributed by atoms with E-state index in [1.54, 1.807) is 0 Å². The number of nitrogens with zero attached hydrogens (tertiary/aromatic N) is 1. The zero-order valence-electron chi connectivity index (χ0n) is 12.8. The van der Waals surface area contributed by atoms with Crippen molar-refractivity contribution in [3.8, 4) is 5.88 Å². The highest BCUT2D eigenvalue weighted by Crippen LogP contribution is 2.28. The molecular formula is C17H22N2O2. The summed E-state index contributed by atoms with van der Waals surface area (Å²) in [6.45, 7) is 8.60. The average Bonchev–Trinajstić information content (AvgIpc) is 2.40. The number of hydrogen-bond donors (Lipinski definition) is 1. The highest BCUT2D eigenvalue weighted by molar-refractivity contribution is 5.89. The standard InChI is InChI=1S/C17H22N2O2/c1-17(2,3)19-9-12-8-18-16(21-13-10-20-11-13)15-7-5-4-6-14(12)15/h4-8,13,19H,9-11H2,1-3H3. The summed E-state index contributed by atoms with van der Waals surface area (Å²) in [5.41, 5.74) is 1.28. The molecular weight excluding hydrogens is 264 g/mol. The Bertz CT molecular complexity index is 630. The van der Waals surface area contributed by atoms with Gasteiger partial charge in [-0.25, -0.2) is 4.98 Å². The number of nitrogens with one attached hydrogen (secondary N) is 1. The van der Waals surface area contributed by atoms with Crippen LogP contribution in [-0.4, -0.2) is 29.8 Å². The third-order valence-electron chi connectivity index (χ3n) is 3.54. The summed E-state index contributed by atoms with van der Waals surface area (Å²) >= 11 is 0. The van der Waals surface area contributed by atoms with E-state index < -0.39 is 0 Å². The Morgan fingerprint density at radius 1 is 1.24 bits per heavy atom. The SMILES string of the molecule is CC(C)(C)NCc1cnc(OC2COC2)c2ccccc12. The number of aromatic nitrogens is 1. The number of fused-ring (bicyclic) bond motifs is 1. The van der Waals surface area contributed by atoms with Crippen molar-refractivity contribution in [2.24, 2.45) is 0 Å². The molecule has 1 fully saturated rings. The van der Waals surface area contributed by atoms with Crippen LogP contribution in [0.2, 0.25) is 0 Å². The van der Waals surface area contributed by atoms with Gasteiger partial charge in [0.1, 0.15) is 6.10 Å². The minimum atomic E-state index is 0.0829. The fourth-order valence-electron chi connectivity index (χ4n) is 2.26. The van der Waals surface area contributed by atoms with Crippen molar-refractivity contribution in [3.63, 3.8) is 0 Å². The van der Waals surface area contributed by atoms with Gasteiger partial charge in [0.2, 0.25) is 5.88 Å². The second-order valence-electron chi connectivity index (χ2n) is 6.52. The Hall–Kier alpha value is -1.65. The molecule has 1 saturated heterocycles. The quantitative estimate of drug-likeness (QED) is 0.938. The van der Waals surface area contributed by atoms with Gasteiger partial charge in [-0.2, -0.15) is 0 Å². The number of benzene rings is 1. The van der Waals surface area contributed by atoms with E-state index in [1.165, 1.54) is 10.9 Å². The summed E-state index contributed by atoms with van der Waals surface area (Å²) < 4.78 is 11.1. The highest BCUT2D eigenvalue weighted by atomic mass is 16.6. The lowest BCUT2D eigenvalue weighted by Crippen LogP contribution is -2.38. The van der Waals surface area contributed by atoms with Gasteiger partial charge >= 0.3 is 0 Å². The van der Waals surface area contributed by atoms with E-state index in [4.69, 9.17) is 9.47 Å². The van der Waals surface area contributed by atoms with Gasteiger partial charge in [-0.1, -0.05) is 18.2 Å². The summed E-state index contributed by atoms with van der Waals surface area (Å²) in [5, 5.41) is 5.77. The van der Waals surface area contributed by atoms with Crippen LogP contribution >= 0.6 is 0 Å². The maximum Gasteiger partial charge on any atom is 0.221 e. The average molecular weight is 286 g/mol. The first-order chi connectivity index (χ1) is 10.0. The van der Waals surface area contributed by atoms with Crippen LogP contribution in [0.25, 0.3) is 10.8 Å². The summed E-state index contributed by atoms with van der Waals surface area (Å²) in [6.07, 6.45) is 2.05. The Balaban J connectivity index is 1.90. The third kappa shape index (κ3) is 3.34. The molecule has 0 amide bonds. The molecule has 0 bridgehead atoms. The van der Waals surface area contributed by atoms with Crippen molar-refractivity contribution in [1.82, 2.24) is 10.3 Å². The van der Waals surface area contributed by atoms with Crippen molar-refractivity contribution < 1.29 is 9.47 Å². The zero-order valence-corrected chi connectivity index (χ0v) is 12.8. The van der Waals surface area contributed by atoms with Crippen LogP contribution in [0.4, 0.5) is 0 Å². The van der Waals surface area contributed by atoms with Crippen LogP contribution in [0.15, 0.2) is 30.5 Å². The smallest absolute Gasteiger partial charge is 0.221 e. The van der Waals surface area contributed by atoms with Crippen LogP contribution in [0.5, 0.6) is 5.88 Å². The molecule has 2 aromatic rings. The van der Waals surface area contributed by atoms with Gasteiger partial charge in [0.05, 0.1) is 13.2 Å². The van der Waals surface area contributed by atoms with E-state index >= 15 is 0 Å². The molecule has 4 heteroatoms.